The normalized spacial score (nSPS) is 15.8. The van der Waals surface area contributed by atoms with Gasteiger partial charge in [0.15, 0.2) is 17.6 Å². The smallest absolute Gasteiger partial charge is 0.265 e. The highest BCUT2D eigenvalue weighted by molar-refractivity contribution is 6.42. The van der Waals surface area contributed by atoms with Crippen molar-refractivity contribution in [3.8, 4) is 23.0 Å². The van der Waals surface area contributed by atoms with Gasteiger partial charge in [0.05, 0.1) is 52.9 Å². The van der Waals surface area contributed by atoms with Gasteiger partial charge in [-0.15, -0.1) is 0 Å². The van der Waals surface area contributed by atoms with Gasteiger partial charge in [0, 0.05) is 16.8 Å². The summed E-state index contributed by atoms with van der Waals surface area (Å²) in [5, 5.41) is 24.6. The predicted molar refractivity (Wildman–Crippen MR) is 190 cm³/mol. The average molecular weight is 732 g/mol. The second-order valence-corrected chi connectivity index (χ2v) is 12.2. The van der Waals surface area contributed by atoms with Crippen LogP contribution in [0.25, 0.3) is 0 Å². The second kappa shape index (κ2) is 15.2. The van der Waals surface area contributed by atoms with E-state index in [1.807, 2.05) is 0 Å². The van der Waals surface area contributed by atoms with Gasteiger partial charge in [0.25, 0.3) is 5.91 Å². The second-order valence-electron chi connectivity index (χ2n) is 10.6. The van der Waals surface area contributed by atoms with Crippen molar-refractivity contribution in [3.05, 3.63) is 92.4 Å². The average Bonchev–Trinajstić information content (AvgIpc) is 3.44. The van der Waals surface area contributed by atoms with Crippen molar-refractivity contribution in [1.82, 2.24) is 5.43 Å². The molecule has 0 bridgehead atoms. The van der Waals surface area contributed by atoms with E-state index in [1.54, 1.807) is 86.6 Å². The summed E-state index contributed by atoms with van der Waals surface area (Å²) in [4.78, 5) is 17.8. The van der Waals surface area contributed by atoms with Gasteiger partial charge in [0.2, 0.25) is 0 Å². The molecule has 1 saturated heterocycles. The van der Waals surface area contributed by atoms with Crippen molar-refractivity contribution in [2.24, 2.45) is 15.2 Å². The number of aryl methyl sites for hydroxylation is 1. The molecule has 0 aliphatic carbocycles. The molecule has 5 rings (SSSR count). The van der Waals surface area contributed by atoms with Gasteiger partial charge in [-0.2, -0.15) is 10.2 Å². The molecule has 1 heterocycles. The third-order valence-electron chi connectivity index (χ3n) is 7.16. The SMILES string of the molecule is COc1ccc(N=NC2CN(c3c(Cl)cc(Cl)cc3Cl)NC2=Nc2cc(NC(=O)C(C)Oc3ccc(O)c(C)c3)ccc2Cl)cc1OC. The number of anilines is 2. The molecule has 1 fully saturated rings. The van der Waals surface area contributed by atoms with Crippen molar-refractivity contribution in [1.29, 1.82) is 0 Å². The van der Waals surface area contributed by atoms with Crippen LogP contribution in [0.5, 0.6) is 23.0 Å². The number of ether oxygens (including phenoxy) is 3. The molecule has 4 aromatic carbocycles. The lowest BCUT2D eigenvalue weighted by Gasteiger charge is -2.20. The van der Waals surface area contributed by atoms with E-state index in [9.17, 15) is 9.90 Å². The zero-order chi connectivity index (χ0) is 34.5. The van der Waals surface area contributed by atoms with Crippen LogP contribution in [0, 0.1) is 6.92 Å². The molecule has 11 nitrogen and oxygen atoms in total. The lowest BCUT2D eigenvalue weighted by Crippen LogP contribution is -2.33. The molecule has 2 unspecified atom stereocenters. The van der Waals surface area contributed by atoms with Crippen LogP contribution in [0.1, 0.15) is 12.5 Å². The molecule has 0 radical (unpaired) electrons. The maximum absolute atomic E-state index is 13.0. The number of azo groups is 1. The predicted octanol–water partition coefficient (Wildman–Crippen LogP) is 8.94. The number of amides is 1. The fraction of sp³-hybridized carbons (Fsp3) is 0.212. The fourth-order valence-corrected chi connectivity index (χ4v) is 5.86. The van der Waals surface area contributed by atoms with E-state index in [4.69, 9.17) is 65.6 Å². The highest BCUT2D eigenvalue weighted by atomic mass is 35.5. The van der Waals surface area contributed by atoms with Crippen molar-refractivity contribution in [2.45, 2.75) is 26.0 Å². The third-order valence-corrected chi connectivity index (χ3v) is 8.27. The number of phenolic OH excluding ortho intramolecular Hbond substituents is 1. The Balaban J connectivity index is 1.42. The molecular formula is C33H30Cl4N6O5. The summed E-state index contributed by atoms with van der Waals surface area (Å²) >= 11 is 25.8. The number of amidine groups is 1. The number of phenols is 1. The molecule has 250 valence electrons. The number of hydrogen-bond acceptors (Lipinski definition) is 9. The molecule has 48 heavy (non-hydrogen) atoms. The Bertz CT molecular complexity index is 1880. The number of benzene rings is 4. The number of hydrogen-bond donors (Lipinski definition) is 3. The van der Waals surface area contributed by atoms with Gasteiger partial charge in [-0.1, -0.05) is 46.4 Å². The van der Waals surface area contributed by atoms with E-state index in [0.717, 1.165) is 0 Å². The summed E-state index contributed by atoms with van der Waals surface area (Å²) < 4.78 is 16.5. The summed E-state index contributed by atoms with van der Waals surface area (Å²) in [6, 6.07) is 17.3. The Labute approximate surface area is 297 Å². The highest BCUT2D eigenvalue weighted by Crippen LogP contribution is 2.38. The Morgan fingerprint density at radius 2 is 1.69 bits per heavy atom. The van der Waals surface area contributed by atoms with Crippen LogP contribution < -0.4 is 30.0 Å². The van der Waals surface area contributed by atoms with Crippen molar-refractivity contribution in [3.63, 3.8) is 0 Å². The lowest BCUT2D eigenvalue weighted by molar-refractivity contribution is -0.122. The van der Waals surface area contributed by atoms with Gasteiger partial charge < -0.3 is 24.6 Å². The Morgan fingerprint density at radius 1 is 0.958 bits per heavy atom. The number of nitrogens with zero attached hydrogens (tertiary/aromatic N) is 4. The minimum Gasteiger partial charge on any atom is -0.508 e. The molecule has 3 N–H and O–H groups in total. The van der Waals surface area contributed by atoms with Gasteiger partial charge >= 0.3 is 0 Å². The molecule has 1 amide bonds. The molecular weight excluding hydrogens is 702 g/mol. The van der Waals surface area contributed by atoms with Crippen LogP contribution in [0.2, 0.25) is 20.1 Å². The number of carbonyl (C=O) groups is 1. The molecule has 2 atom stereocenters. The Kier molecular flexibility index (Phi) is 11.1. The monoisotopic (exact) mass is 730 g/mol. The number of hydrazine groups is 1. The zero-order valence-electron chi connectivity index (χ0n) is 26.1. The van der Waals surface area contributed by atoms with E-state index in [0.29, 0.717) is 71.5 Å². The van der Waals surface area contributed by atoms with Crippen molar-refractivity contribution >= 4 is 80.9 Å². The first kappa shape index (κ1) is 34.9. The number of nitrogens with one attached hydrogen (secondary N) is 2. The van der Waals surface area contributed by atoms with Gasteiger partial charge in [-0.05, 0) is 80.1 Å². The Morgan fingerprint density at radius 3 is 2.38 bits per heavy atom. The van der Waals surface area contributed by atoms with Crippen molar-refractivity contribution in [2.75, 3.05) is 31.1 Å². The first-order valence-electron chi connectivity index (χ1n) is 14.4. The van der Waals surface area contributed by atoms with Crippen LogP contribution in [0.15, 0.2) is 82.0 Å². The highest BCUT2D eigenvalue weighted by Gasteiger charge is 2.32. The van der Waals surface area contributed by atoms with Gasteiger partial charge in [0.1, 0.15) is 23.4 Å². The van der Waals surface area contributed by atoms with E-state index in [-0.39, 0.29) is 12.3 Å². The standard InChI is InChI=1S/C33H30Cl4N6O5/c1-17-11-22(7-9-28(17)44)48-18(2)33(45)38-20-5-8-23(35)26(14-20)39-32-27(41-40-21-6-10-29(46-3)30(15-21)47-4)16-43(42-32)31-24(36)12-19(34)13-25(31)37/h5-15,18,27,44H,16H2,1-4H3,(H,38,45)(H,39,42). The van der Waals surface area contributed by atoms with Crippen LogP contribution in [-0.4, -0.2) is 49.8 Å². The van der Waals surface area contributed by atoms with Crippen molar-refractivity contribution < 1.29 is 24.1 Å². The third kappa shape index (κ3) is 8.16. The van der Waals surface area contributed by atoms with E-state index < -0.39 is 18.1 Å². The lowest BCUT2D eigenvalue weighted by atomic mass is 10.2. The maximum Gasteiger partial charge on any atom is 0.265 e. The summed E-state index contributed by atoms with van der Waals surface area (Å²) in [5.41, 5.74) is 5.62. The summed E-state index contributed by atoms with van der Waals surface area (Å²) in [6.07, 6.45) is -0.848. The number of aromatic hydroxyl groups is 1. The number of methoxy groups -OCH3 is 2. The largest absolute Gasteiger partial charge is 0.508 e. The molecule has 15 heteroatoms. The topological polar surface area (TPSA) is 129 Å². The summed E-state index contributed by atoms with van der Waals surface area (Å²) in [6.45, 7) is 3.60. The number of carbonyl (C=O) groups excluding carboxylic acids is 1. The molecule has 1 aliphatic heterocycles. The maximum atomic E-state index is 13.0. The molecule has 1 aliphatic rings. The van der Waals surface area contributed by atoms with E-state index in [1.165, 1.54) is 13.2 Å². The molecule has 4 aromatic rings. The number of halogens is 4. The quantitative estimate of drug-likeness (QED) is 0.139. The fourth-order valence-electron chi connectivity index (χ4n) is 4.68. The van der Waals surface area contributed by atoms with Crippen LogP contribution in [0.3, 0.4) is 0 Å². The first-order valence-corrected chi connectivity index (χ1v) is 15.9. The summed E-state index contributed by atoms with van der Waals surface area (Å²) in [7, 11) is 3.08. The minimum atomic E-state index is -0.848. The number of rotatable bonds is 10. The van der Waals surface area contributed by atoms with Crippen LogP contribution in [0.4, 0.5) is 22.7 Å². The zero-order valence-corrected chi connectivity index (χ0v) is 29.1. The van der Waals surface area contributed by atoms with Crippen LogP contribution in [-0.2, 0) is 4.79 Å². The van der Waals surface area contributed by atoms with Gasteiger partial charge in [-0.3, -0.25) is 15.2 Å². The first-order chi connectivity index (χ1) is 22.9. The van der Waals surface area contributed by atoms with E-state index >= 15 is 0 Å². The van der Waals surface area contributed by atoms with Gasteiger partial charge in [-0.25, -0.2) is 4.99 Å². The Hall–Kier alpha value is -4.42. The van der Waals surface area contributed by atoms with Crippen LogP contribution >= 0.6 is 46.4 Å². The molecule has 0 aromatic heterocycles. The minimum absolute atomic E-state index is 0.138. The number of aliphatic imine (C=N–C) groups is 1. The molecule has 0 saturated carbocycles. The molecule has 0 spiro atoms. The summed E-state index contributed by atoms with van der Waals surface area (Å²) in [5.74, 6) is 1.61. The van der Waals surface area contributed by atoms with E-state index in [2.05, 4.69) is 21.0 Å².